The molecule has 0 bridgehead atoms. The van der Waals surface area contributed by atoms with Crippen LogP contribution in [0.1, 0.15) is 39.0 Å². The first kappa shape index (κ1) is 17.1. The van der Waals surface area contributed by atoms with Gasteiger partial charge in [-0.25, -0.2) is 0 Å². The molecule has 0 aromatic carbocycles. The lowest BCUT2D eigenvalue weighted by Crippen LogP contribution is -2.41. The van der Waals surface area contributed by atoms with Crippen molar-refractivity contribution in [1.29, 1.82) is 0 Å². The number of nitrogens with one attached hydrogen (secondary N) is 1. The van der Waals surface area contributed by atoms with Gasteiger partial charge in [0.1, 0.15) is 0 Å². The zero-order valence-corrected chi connectivity index (χ0v) is 13.5. The van der Waals surface area contributed by atoms with Crippen molar-refractivity contribution >= 4 is 30.1 Å². The van der Waals surface area contributed by atoms with Crippen LogP contribution in [-0.4, -0.2) is 48.0 Å². The Bertz CT molecular complexity index is 274. The van der Waals surface area contributed by atoms with E-state index in [0.717, 1.165) is 31.3 Å². The van der Waals surface area contributed by atoms with Gasteiger partial charge in [-0.3, -0.25) is 4.79 Å². The van der Waals surface area contributed by atoms with Gasteiger partial charge in [-0.2, -0.15) is 11.8 Å². The van der Waals surface area contributed by atoms with Crippen LogP contribution in [0.2, 0.25) is 0 Å². The minimum atomic E-state index is 0. The molecule has 5 heteroatoms. The number of halogens is 1. The van der Waals surface area contributed by atoms with Gasteiger partial charge in [0.15, 0.2) is 0 Å². The number of amides is 1. The monoisotopic (exact) mass is 306 g/mol. The van der Waals surface area contributed by atoms with Crippen molar-refractivity contribution in [1.82, 2.24) is 10.2 Å². The average Bonchev–Trinajstić information content (AvgIpc) is 3.16. The Morgan fingerprint density at radius 1 is 1.32 bits per heavy atom. The van der Waals surface area contributed by atoms with Crippen LogP contribution in [0.3, 0.4) is 0 Å². The van der Waals surface area contributed by atoms with Crippen molar-refractivity contribution in [2.75, 3.05) is 31.9 Å². The van der Waals surface area contributed by atoms with E-state index in [1.807, 2.05) is 11.8 Å². The van der Waals surface area contributed by atoms with E-state index in [1.54, 1.807) is 0 Å². The van der Waals surface area contributed by atoms with Gasteiger partial charge >= 0.3 is 0 Å². The maximum atomic E-state index is 12.2. The summed E-state index contributed by atoms with van der Waals surface area (Å²) in [6.45, 7) is 5.71. The number of nitrogens with zero attached hydrogens (tertiary/aromatic N) is 1. The molecule has 1 aliphatic carbocycles. The molecule has 0 spiro atoms. The van der Waals surface area contributed by atoms with E-state index in [9.17, 15) is 4.79 Å². The van der Waals surface area contributed by atoms with Gasteiger partial charge < -0.3 is 10.2 Å². The van der Waals surface area contributed by atoms with Crippen molar-refractivity contribution in [3.8, 4) is 0 Å². The summed E-state index contributed by atoms with van der Waals surface area (Å²) >= 11 is 2.01. The fourth-order valence-electron chi connectivity index (χ4n) is 2.52. The van der Waals surface area contributed by atoms with Crippen molar-refractivity contribution in [3.05, 3.63) is 0 Å². The Hall–Kier alpha value is 0.0700. The first-order valence-corrected chi connectivity index (χ1v) is 8.44. The number of rotatable bonds is 6. The second kappa shape index (κ2) is 9.09. The van der Waals surface area contributed by atoms with Gasteiger partial charge in [-0.05, 0) is 43.9 Å². The Labute approximate surface area is 127 Å². The smallest absolute Gasteiger partial charge is 0.236 e. The van der Waals surface area contributed by atoms with Crippen LogP contribution < -0.4 is 5.32 Å². The predicted molar refractivity (Wildman–Crippen MR) is 85.2 cm³/mol. The molecule has 0 radical (unpaired) electrons. The van der Waals surface area contributed by atoms with Crippen LogP contribution >= 0.6 is 24.2 Å². The molecule has 1 saturated heterocycles. The Morgan fingerprint density at radius 2 is 2.11 bits per heavy atom. The van der Waals surface area contributed by atoms with Gasteiger partial charge in [-0.1, -0.05) is 13.3 Å². The van der Waals surface area contributed by atoms with E-state index < -0.39 is 0 Å². The number of thioether (sulfide) groups is 1. The molecule has 1 N–H and O–H groups in total. The van der Waals surface area contributed by atoms with Gasteiger partial charge in [0.2, 0.25) is 5.91 Å². The third-order valence-corrected chi connectivity index (χ3v) is 4.98. The summed E-state index contributed by atoms with van der Waals surface area (Å²) in [5, 5.41) is 3.97. The molecule has 1 aliphatic heterocycles. The fraction of sp³-hybridized carbons (Fsp3) is 0.929. The second-order valence-electron chi connectivity index (χ2n) is 5.49. The molecule has 0 aromatic heterocycles. The van der Waals surface area contributed by atoms with Crippen LogP contribution in [0.25, 0.3) is 0 Å². The molecule has 1 saturated carbocycles. The number of hydrogen-bond donors (Lipinski definition) is 1. The minimum Gasteiger partial charge on any atom is -0.340 e. The number of carbonyl (C=O) groups is 1. The highest BCUT2D eigenvalue weighted by Crippen LogP contribution is 2.27. The summed E-state index contributed by atoms with van der Waals surface area (Å²) in [6, 6.07) is 0. The lowest BCUT2D eigenvalue weighted by Gasteiger charge is -2.24. The lowest BCUT2D eigenvalue weighted by molar-refractivity contribution is -0.130. The van der Waals surface area contributed by atoms with Crippen molar-refractivity contribution < 1.29 is 4.79 Å². The average molecular weight is 307 g/mol. The predicted octanol–water partition coefficient (Wildman–Crippen LogP) is 2.54. The zero-order valence-electron chi connectivity index (χ0n) is 11.9. The molecule has 1 heterocycles. The highest BCUT2D eigenvalue weighted by atomic mass is 35.5. The second-order valence-corrected chi connectivity index (χ2v) is 7.06. The summed E-state index contributed by atoms with van der Waals surface area (Å²) < 4.78 is 0. The summed E-state index contributed by atoms with van der Waals surface area (Å²) in [5.41, 5.74) is 0. The van der Waals surface area contributed by atoms with Crippen molar-refractivity contribution in [2.24, 2.45) is 5.92 Å². The third-order valence-electron chi connectivity index (χ3n) is 3.79. The van der Waals surface area contributed by atoms with Crippen molar-refractivity contribution in [2.45, 2.75) is 44.3 Å². The van der Waals surface area contributed by atoms with Gasteiger partial charge in [0.05, 0.1) is 6.54 Å². The maximum Gasteiger partial charge on any atom is 0.236 e. The standard InChI is InChI=1S/C14H26N2OS.ClH/c1-2-18-13-5-3-4-8-16(11-13)14(17)10-15-9-12-6-7-12;/h12-13,15H,2-11H2,1H3;1H. The molecule has 1 unspecified atom stereocenters. The normalized spacial score (nSPS) is 23.6. The fourth-order valence-corrected chi connectivity index (χ4v) is 3.61. The molecule has 3 nitrogen and oxygen atoms in total. The molecule has 2 aliphatic rings. The molecule has 2 rings (SSSR count). The molecule has 1 amide bonds. The summed E-state index contributed by atoms with van der Waals surface area (Å²) in [7, 11) is 0. The maximum absolute atomic E-state index is 12.2. The molecule has 19 heavy (non-hydrogen) atoms. The summed E-state index contributed by atoms with van der Waals surface area (Å²) in [5.74, 6) is 2.32. The Morgan fingerprint density at radius 3 is 2.79 bits per heavy atom. The van der Waals surface area contributed by atoms with E-state index in [2.05, 4.69) is 17.1 Å². The van der Waals surface area contributed by atoms with Crippen LogP contribution in [0.15, 0.2) is 0 Å². The number of carbonyl (C=O) groups excluding carboxylic acids is 1. The van der Waals surface area contributed by atoms with E-state index in [4.69, 9.17) is 0 Å². The molecule has 0 aromatic rings. The van der Waals surface area contributed by atoms with Crippen LogP contribution in [0, 0.1) is 5.92 Å². The Balaban J connectivity index is 0.00000180. The van der Waals surface area contributed by atoms with E-state index in [0.29, 0.717) is 17.7 Å². The van der Waals surface area contributed by atoms with Gasteiger partial charge in [0, 0.05) is 18.3 Å². The SMILES string of the molecule is CCSC1CCCCN(C(=O)CNCC2CC2)C1.Cl. The van der Waals surface area contributed by atoms with E-state index in [-0.39, 0.29) is 12.4 Å². The van der Waals surface area contributed by atoms with Gasteiger partial charge in [-0.15, -0.1) is 12.4 Å². The first-order valence-electron chi connectivity index (χ1n) is 7.39. The van der Waals surface area contributed by atoms with E-state index in [1.165, 1.54) is 32.1 Å². The Kier molecular flexibility index (Phi) is 8.19. The van der Waals surface area contributed by atoms with Crippen molar-refractivity contribution in [3.63, 3.8) is 0 Å². The summed E-state index contributed by atoms with van der Waals surface area (Å²) in [6.07, 6.45) is 6.42. The van der Waals surface area contributed by atoms with E-state index >= 15 is 0 Å². The summed E-state index contributed by atoms with van der Waals surface area (Å²) in [4.78, 5) is 14.2. The lowest BCUT2D eigenvalue weighted by atomic mass is 10.2. The molecular formula is C14H27ClN2OS. The number of likely N-dealkylation sites (tertiary alicyclic amines) is 1. The zero-order chi connectivity index (χ0) is 12.8. The quantitative estimate of drug-likeness (QED) is 0.818. The molecular weight excluding hydrogens is 280 g/mol. The minimum absolute atomic E-state index is 0. The molecule has 2 fully saturated rings. The third kappa shape index (κ3) is 6.37. The highest BCUT2D eigenvalue weighted by molar-refractivity contribution is 7.99. The molecule has 112 valence electrons. The molecule has 1 atom stereocenters. The van der Waals surface area contributed by atoms with Crippen LogP contribution in [0.4, 0.5) is 0 Å². The van der Waals surface area contributed by atoms with Crippen LogP contribution in [0.5, 0.6) is 0 Å². The topological polar surface area (TPSA) is 32.3 Å². The highest BCUT2D eigenvalue weighted by Gasteiger charge is 2.23. The first-order chi connectivity index (χ1) is 8.79. The number of hydrogen-bond acceptors (Lipinski definition) is 3. The van der Waals surface area contributed by atoms with Gasteiger partial charge in [0.25, 0.3) is 0 Å². The largest absolute Gasteiger partial charge is 0.340 e. The van der Waals surface area contributed by atoms with Crippen LogP contribution in [-0.2, 0) is 4.79 Å².